The molecule has 0 aliphatic heterocycles. The standard InChI is InChI=1S/C25H25ClN8O/c1-15-28-22(34-33-15)19-8-4-5-9-21(19)31-23-20(26)14-27-25(32-23)30-18-12-10-16(11-13-18)24(35)29-17-6-2-3-7-17/h4-5,8-14,17H,2-3,6-7H2,1H3,(H,29,35)(H,28,33,34)(H2,27,30,31,32). The van der Waals surface area contributed by atoms with Crippen molar-refractivity contribution in [2.24, 2.45) is 0 Å². The number of aryl methyl sites for hydroxylation is 1. The monoisotopic (exact) mass is 488 g/mol. The second kappa shape index (κ2) is 10.1. The number of halogens is 1. The van der Waals surface area contributed by atoms with Crippen LogP contribution in [0.1, 0.15) is 41.9 Å². The Bertz CT molecular complexity index is 1330. The van der Waals surface area contributed by atoms with E-state index in [1.165, 1.54) is 19.0 Å². The van der Waals surface area contributed by atoms with Gasteiger partial charge in [-0.25, -0.2) is 9.97 Å². The van der Waals surface area contributed by atoms with Gasteiger partial charge >= 0.3 is 0 Å². The van der Waals surface area contributed by atoms with Crippen molar-refractivity contribution in [2.75, 3.05) is 10.6 Å². The number of aromatic amines is 1. The maximum absolute atomic E-state index is 12.5. The lowest BCUT2D eigenvalue weighted by Gasteiger charge is -2.13. The molecule has 1 fully saturated rings. The summed E-state index contributed by atoms with van der Waals surface area (Å²) in [7, 11) is 0. The number of rotatable bonds is 7. The molecular weight excluding hydrogens is 464 g/mol. The molecule has 4 N–H and O–H groups in total. The molecule has 1 amide bonds. The molecule has 1 saturated carbocycles. The largest absolute Gasteiger partial charge is 0.349 e. The lowest BCUT2D eigenvalue weighted by Crippen LogP contribution is -2.32. The number of nitrogens with zero attached hydrogens (tertiary/aromatic N) is 4. The molecule has 0 bridgehead atoms. The second-order valence-electron chi connectivity index (χ2n) is 8.46. The van der Waals surface area contributed by atoms with Gasteiger partial charge in [-0.2, -0.15) is 10.1 Å². The Morgan fingerprint density at radius 1 is 1.03 bits per heavy atom. The van der Waals surface area contributed by atoms with E-state index in [0.717, 1.165) is 35.6 Å². The molecule has 2 heterocycles. The average molecular weight is 489 g/mol. The Kier molecular flexibility index (Phi) is 6.58. The maximum atomic E-state index is 12.5. The zero-order valence-corrected chi connectivity index (χ0v) is 19.9. The zero-order valence-electron chi connectivity index (χ0n) is 19.2. The van der Waals surface area contributed by atoms with Gasteiger partial charge in [0.15, 0.2) is 11.6 Å². The van der Waals surface area contributed by atoms with Gasteiger partial charge in [0.1, 0.15) is 10.8 Å². The number of nitrogens with one attached hydrogen (secondary N) is 4. The summed E-state index contributed by atoms with van der Waals surface area (Å²) in [5.41, 5.74) is 2.95. The number of hydrogen-bond donors (Lipinski definition) is 4. The molecule has 1 aliphatic carbocycles. The van der Waals surface area contributed by atoms with Gasteiger partial charge in [-0.1, -0.05) is 36.6 Å². The minimum Gasteiger partial charge on any atom is -0.349 e. The first-order chi connectivity index (χ1) is 17.0. The van der Waals surface area contributed by atoms with Crippen LogP contribution in [-0.2, 0) is 0 Å². The summed E-state index contributed by atoms with van der Waals surface area (Å²) in [5.74, 6) is 2.07. The van der Waals surface area contributed by atoms with Crippen LogP contribution < -0.4 is 16.0 Å². The van der Waals surface area contributed by atoms with Crippen molar-refractivity contribution in [2.45, 2.75) is 38.6 Å². The van der Waals surface area contributed by atoms with Gasteiger partial charge < -0.3 is 16.0 Å². The summed E-state index contributed by atoms with van der Waals surface area (Å²) in [6.45, 7) is 1.85. The van der Waals surface area contributed by atoms with E-state index in [4.69, 9.17) is 11.6 Å². The van der Waals surface area contributed by atoms with Gasteiger partial charge in [-0.05, 0) is 56.2 Å². The van der Waals surface area contributed by atoms with Crippen LogP contribution in [-0.4, -0.2) is 37.1 Å². The molecule has 5 rings (SSSR count). The third kappa shape index (κ3) is 5.41. The Labute approximate surface area is 207 Å². The Morgan fingerprint density at radius 2 is 1.80 bits per heavy atom. The summed E-state index contributed by atoms with van der Waals surface area (Å²) in [4.78, 5) is 25.7. The zero-order chi connectivity index (χ0) is 24.2. The van der Waals surface area contributed by atoms with Crippen molar-refractivity contribution >= 4 is 40.6 Å². The highest BCUT2D eigenvalue weighted by Gasteiger charge is 2.18. The lowest BCUT2D eigenvalue weighted by molar-refractivity contribution is 0.0938. The van der Waals surface area contributed by atoms with E-state index in [9.17, 15) is 4.79 Å². The van der Waals surface area contributed by atoms with Gasteiger partial charge in [0, 0.05) is 22.9 Å². The van der Waals surface area contributed by atoms with Crippen LogP contribution in [0.4, 0.5) is 23.1 Å². The predicted molar refractivity (Wildman–Crippen MR) is 136 cm³/mol. The third-order valence-corrected chi connectivity index (χ3v) is 6.13. The topological polar surface area (TPSA) is 121 Å². The summed E-state index contributed by atoms with van der Waals surface area (Å²) in [6.07, 6.45) is 5.99. The van der Waals surface area contributed by atoms with Crippen molar-refractivity contribution in [3.8, 4) is 11.4 Å². The fourth-order valence-corrected chi connectivity index (χ4v) is 4.20. The van der Waals surface area contributed by atoms with E-state index in [0.29, 0.717) is 28.2 Å². The van der Waals surface area contributed by atoms with Crippen LogP contribution in [0.2, 0.25) is 5.02 Å². The molecular formula is C25H25ClN8O. The second-order valence-corrected chi connectivity index (χ2v) is 8.87. The molecule has 0 atom stereocenters. The number of carbonyl (C=O) groups excluding carboxylic acids is 1. The molecule has 10 heteroatoms. The SMILES string of the molecule is Cc1nc(-c2ccccc2Nc2nc(Nc3ccc(C(=O)NC4CCCC4)cc3)ncc2Cl)n[nH]1. The maximum Gasteiger partial charge on any atom is 0.251 e. The van der Waals surface area contributed by atoms with E-state index in [1.807, 2.05) is 43.3 Å². The minimum atomic E-state index is -0.0436. The molecule has 0 radical (unpaired) electrons. The molecule has 35 heavy (non-hydrogen) atoms. The van der Waals surface area contributed by atoms with Crippen LogP contribution in [0.5, 0.6) is 0 Å². The number of carbonyl (C=O) groups is 1. The van der Waals surface area contributed by atoms with Crippen molar-refractivity contribution in [3.63, 3.8) is 0 Å². The van der Waals surface area contributed by atoms with Gasteiger partial charge in [-0.15, -0.1) is 0 Å². The average Bonchev–Trinajstić information content (AvgIpc) is 3.54. The molecule has 2 aromatic heterocycles. The summed E-state index contributed by atoms with van der Waals surface area (Å²) in [6, 6.07) is 15.2. The Hall–Kier alpha value is -3.98. The molecule has 178 valence electrons. The fraction of sp³-hybridized carbons (Fsp3) is 0.240. The number of H-pyrrole nitrogens is 1. The number of amides is 1. The molecule has 9 nitrogen and oxygen atoms in total. The van der Waals surface area contributed by atoms with Gasteiger partial charge in [-0.3, -0.25) is 9.89 Å². The lowest BCUT2D eigenvalue weighted by atomic mass is 10.1. The van der Waals surface area contributed by atoms with Crippen molar-refractivity contribution in [1.29, 1.82) is 0 Å². The Balaban J connectivity index is 1.30. The van der Waals surface area contributed by atoms with E-state index < -0.39 is 0 Å². The van der Waals surface area contributed by atoms with Crippen LogP contribution >= 0.6 is 11.6 Å². The molecule has 4 aromatic rings. The summed E-state index contributed by atoms with van der Waals surface area (Å²) >= 11 is 6.38. The Morgan fingerprint density at radius 3 is 2.54 bits per heavy atom. The number of hydrogen-bond acceptors (Lipinski definition) is 7. The van der Waals surface area contributed by atoms with Gasteiger partial charge in [0.25, 0.3) is 5.91 Å². The molecule has 2 aromatic carbocycles. The quantitative estimate of drug-likeness (QED) is 0.275. The first-order valence-corrected chi connectivity index (χ1v) is 11.9. The van der Waals surface area contributed by atoms with E-state index in [2.05, 4.69) is 41.1 Å². The summed E-state index contributed by atoms with van der Waals surface area (Å²) in [5, 5.41) is 17.0. The van der Waals surface area contributed by atoms with Gasteiger partial charge in [0.2, 0.25) is 5.95 Å². The summed E-state index contributed by atoms with van der Waals surface area (Å²) < 4.78 is 0. The fourth-order valence-electron chi connectivity index (χ4n) is 4.07. The van der Waals surface area contributed by atoms with E-state index >= 15 is 0 Å². The normalized spacial score (nSPS) is 13.5. The number of anilines is 4. The van der Waals surface area contributed by atoms with Crippen LogP contribution in [0.15, 0.2) is 54.7 Å². The number of benzene rings is 2. The van der Waals surface area contributed by atoms with E-state index in [1.54, 1.807) is 12.1 Å². The van der Waals surface area contributed by atoms with Crippen molar-refractivity contribution < 1.29 is 4.79 Å². The molecule has 0 unspecified atom stereocenters. The highest BCUT2D eigenvalue weighted by molar-refractivity contribution is 6.33. The van der Waals surface area contributed by atoms with E-state index in [-0.39, 0.29) is 11.9 Å². The first kappa shape index (κ1) is 22.8. The molecule has 0 spiro atoms. The van der Waals surface area contributed by atoms with Gasteiger partial charge in [0.05, 0.1) is 11.9 Å². The van der Waals surface area contributed by atoms with Crippen molar-refractivity contribution in [3.05, 3.63) is 71.1 Å². The van der Waals surface area contributed by atoms with Crippen molar-refractivity contribution in [1.82, 2.24) is 30.5 Å². The highest BCUT2D eigenvalue weighted by atomic mass is 35.5. The number of para-hydroxylation sites is 1. The third-order valence-electron chi connectivity index (χ3n) is 5.86. The van der Waals surface area contributed by atoms with Crippen LogP contribution in [0.3, 0.4) is 0 Å². The molecule has 1 aliphatic rings. The molecule has 0 saturated heterocycles. The first-order valence-electron chi connectivity index (χ1n) is 11.5. The minimum absolute atomic E-state index is 0.0436. The van der Waals surface area contributed by atoms with Crippen LogP contribution in [0, 0.1) is 6.92 Å². The smallest absolute Gasteiger partial charge is 0.251 e. The van der Waals surface area contributed by atoms with Crippen LogP contribution in [0.25, 0.3) is 11.4 Å². The predicted octanol–water partition coefficient (Wildman–Crippen LogP) is 5.38. The number of aromatic nitrogens is 5. The highest BCUT2D eigenvalue weighted by Crippen LogP contribution is 2.30.